The van der Waals surface area contributed by atoms with Gasteiger partial charge < -0.3 is 20.2 Å². The summed E-state index contributed by atoms with van der Waals surface area (Å²) in [6.45, 7) is 0. The number of nitrogens with one attached hydrogen (secondary N) is 2. The van der Waals surface area contributed by atoms with Crippen molar-refractivity contribution in [1.29, 1.82) is 0 Å². The van der Waals surface area contributed by atoms with E-state index in [1.54, 1.807) is 24.3 Å². The van der Waals surface area contributed by atoms with Crippen LogP contribution in [0.25, 0.3) is 46.4 Å². The molecule has 0 spiro atoms. The summed E-state index contributed by atoms with van der Waals surface area (Å²) in [5.41, 5.74) is 5.15. The lowest BCUT2D eigenvalue weighted by molar-refractivity contribution is 0.473. The van der Waals surface area contributed by atoms with Gasteiger partial charge in [0.05, 0.1) is 22.4 Å². The smallest absolute Gasteiger partial charge is 0.165 e. The summed E-state index contributed by atoms with van der Waals surface area (Å²) in [4.78, 5) is 15.2. The van der Waals surface area contributed by atoms with E-state index < -0.39 is 0 Å². The number of hydrogen-bond acceptors (Lipinski definition) is 4. The molecular weight excluding hydrogens is 328 g/mol. The van der Waals surface area contributed by atoms with Gasteiger partial charge in [-0.15, -0.1) is 0 Å². The minimum Gasteiger partial charge on any atom is -0.504 e. The summed E-state index contributed by atoms with van der Waals surface area (Å²) in [6.07, 6.45) is 7.19. The lowest BCUT2D eigenvalue weighted by Gasteiger charge is -1.93. The van der Waals surface area contributed by atoms with Gasteiger partial charge in [-0.2, -0.15) is 0 Å². The van der Waals surface area contributed by atoms with Gasteiger partial charge >= 0.3 is 0 Å². The zero-order chi connectivity index (χ0) is 17.7. The molecule has 3 aromatic heterocycles. The highest BCUT2D eigenvalue weighted by Gasteiger charge is 2.10. The van der Waals surface area contributed by atoms with E-state index in [2.05, 4.69) is 19.9 Å². The topological polar surface area (TPSA) is 97.8 Å². The lowest BCUT2D eigenvalue weighted by atomic mass is 10.3. The molecule has 3 aromatic rings. The van der Waals surface area contributed by atoms with Gasteiger partial charge in [0.2, 0.25) is 0 Å². The van der Waals surface area contributed by atoms with Gasteiger partial charge in [0.25, 0.3) is 0 Å². The zero-order valence-corrected chi connectivity index (χ0v) is 13.6. The molecule has 4 N–H and O–H groups in total. The van der Waals surface area contributed by atoms with E-state index in [1.165, 1.54) is 0 Å². The van der Waals surface area contributed by atoms with Gasteiger partial charge in [0.1, 0.15) is 11.4 Å². The van der Waals surface area contributed by atoms with Gasteiger partial charge in [0.15, 0.2) is 11.5 Å². The third-order valence-corrected chi connectivity index (χ3v) is 4.34. The summed E-state index contributed by atoms with van der Waals surface area (Å²) in [5, 5.41) is 21.0. The molecule has 5 heterocycles. The first-order chi connectivity index (χ1) is 12.7. The fourth-order valence-corrected chi connectivity index (χ4v) is 3.04. The molecule has 2 aliphatic rings. The number of rotatable bonds is 0. The Morgan fingerprint density at radius 3 is 1.62 bits per heavy atom. The number of nitrogens with zero attached hydrogens (tertiary/aromatic N) is 2. The molecule has 2 aliphatic heterocycles. The largest absolute Gasteiger partial charge is 0.504 e. The van der Waals surface area contributed by atoms with Crippen LogP contribution in [0.3, 0.4) is 0 Å². The van der Waals surface area contributed by atoms with Gasteiger partial charge in [0, 0.05) is 11.0 Å². The van der Waals surface area contributed by atoms with Crippen molar-refractivity contribution >= 4 is 46.4 Å². The molecule has 126 valence electrons. The highest BCUT2D eigenvalue weighted by atomic mass is 16.3. The van der Waals surface area contributed by atoms with Crippen LogP contribution in [-0.4, -0.2) is 30.1 Å². The average Bonchev–Trinajstić information content (AvgIpc) is 3.41. The van der Waals surface area contributed by atoms with Gasteiger partial charge in [-0.1, -0.05) is 0 Å². The Morgan fingerprint density at radius 2 is 1.12 bits per heavy atom. The summed E-state index contributed by atoms with van der Waals surface area (Å²) in [7, 11) is 0. The third kappa shape index (κ3) is 2.36. The van der Waals surface area contributed by atoms with Crippen LogP contribution in [0.2, 0.25) is 0 Å². The number of hydrogen-bond donors (Lipinski definition) is 4. The van der Waals surface area contributed by atoms with Crippen LogP contribution < -0.4 is 0 Å². The highest BCUT2D eigenvalue weighted by molar-refractivity contribution is 5.83. The molecule has 8 bridgehead atoms. The van der Waals surface area contributed by atoms with Crippen LogP contribution in [-0.2, 0) is 0 Å². The maximum Gasteiger partial charge on any atom is 0.165 e. The molecule has 0 atom stereocenters. The van der Waals surface area contributed by atoms with E-state index >= 15 is 0 Å². The average molecular weight is 342 g/mol. The van der Waals surface area contributed by atoms with Crippen LogP contribution in [0.15, 0.2) is 36.4 Å². The highest BCUT2D eigenvalue weighted by Crippen LogP contribution is 2.29. The van der Waals surface area contributed by atoms with Gasteiger partial charge in [-0.25, -0.2) is 9.97 Å². The van der Waals surface area contributed by atoms with Crippen molar-refractivity contribution in [2.45, 2.75) is 0 Å². The van der Waals surface area contributed by atoms with E-state index in [4.69, 9.17) is 0 Å². The summed E-state index contributed by atoms with van der Waals surface area (Å²) in [5.74, 6) is 0.0416. The first kappa shape index (κ1) is 14.5. The summed E-state index contributed by atoms with van der Waals surface area (Å²) in [6, 6.07) is 11.1. The predicted octanol–water partition coefficient (Wildman–Crippen LogP) is 4.07. The Morgan fingerprint density at radius 1 is 0.615 bits per heavy atom. The van der Waals surface area contributed by atoms with Crippen molar-refractivity contribution in [3.63, 3.8) is 0 Å². The molecule has 5 rings (SSSR count). The SMILES string of the molecule is Oc1c2nc(c(O)c3ccc(cc4nc(cc5ccc1[nH]5)C=C4)[nH]3)C=C2. The Kier molecular flexibility index (Phi) is 2.99. The molecule has 0 unspecified atom stereocenters. The van der Waals surface area contributed by atoms with Crippen molar-refractivity contribution in [2.24, 2.45) is 0 Å². The molecule has 0 fully saturated rings. The van der Waals surface area contributed by atoms with E-state index in [1.807, 2.05) is 36.4 Å². The van der Waals surface area contributed by atoms with Crippen molar-refractivity contribution in [3.05, 3.63) is 59.2 Å². The molecule has 6 heteroatoms. The molecule has 0 radical (unpaired) electrons. The number of aromatic amines is 2. The summed E-state index contributed by atoms with van der Waals surface area (Å²) >= 11 is 0. The molecule has 0 aromatic carbocycles. The Labute approximate surface area is 147 Å². The van der Waals surface area contributed by atoms with E-state index in [0.717, 1.165) is 22.4 Å². The maximum atomic E-state index is 10.5. The fraction of sp³-hybridized carbons (Fsp3) is 0. The van der Waals surface area contributed by atoms with Crippen LogP contribution >= 0.6 is 0 Å². The van der Waals surface area contributed by atoms with Crippen molar-refractivity contribution < 1.29 is 10.2 Å². The monoisotopic (exact) mass is 342 g/mol. The number of aromatic hydroxyl groups is 2. The molecular formula is C20H14N4O2. The van der Waals surface area contributed by atoms with Crippen LogP contribution in [0.4, 0.5) is 0 Å². The Bertz CT molecular complexity index is 1170. The Hall–Kier alpha value is -3.80. The van der Waals surface area contributed by atoms with Crippen molar-refractivity contribution in [1.82, 2.24) is 19.9 Å². The standard InChI is InChI=1S/C20H14N4O2/c25-19-15-5-3-13(22-15)9-11-1-2-12(21-11)10-14-4-6-16(23-14)20(26)18-8-7-17(19)24-18/h1-10,22-23,25-26H. The quantitative estimate of drug-likeness (QED) is 0.341. The number of aromatic nitrogens is 4. The second-order valence-corrected chi connectivity index (χ2v) is 6.15. The summed E-state index contributed by atoms with van der Waals surface area (Å²) < 4.78 is 0. The second kappa shape index (κ2) is 5.35. The van der Waals surface area contributed by atoms with E-state index in [9.17, 15) is 10.2 Å². The van der Waals surface area contributed by atoms with E-state index in [-0.39, 0.29) is 11.5 Å². The Balaban J connectivity index is 1.91. The first-order valence-electron chi connectivity index (χ1n) is 8.14. The zero-order valence-electron chi connectivity index (χ0n) is 13.6. The predicted molar refractivity (Wildman–Crippen MR) is 102 cm³/mol. The van der Waals surface area contributed by atoms with Crippen LogP contribution in [0, 0.1) is 0 Å². The van der Waals surface area contributed by atoms with Crippen LogP contribution in [0.1, 0.15) is 22.8 Å². The molecule has 0 saturated carbocycles. The molecule has 26 heavy (non-hydrogen) atoms. The normalized spacial score (nSPS) is 12.6. The van der Waals surface area contributed by atoms with Gasteiger partial charge in [-0.3, -0.25) is 0 Å². The minimum atomic E-state index is 0.0208. The minimum absolute atomic E-state index is 0.0208. The molecule has 0 saturated heterocycles. The van der Waals surface area contributed by atoms with Crippen molar-refractivity contribution in [3.8, 4) is 11.5 Å². The molecule has 0 amide bonds. The van der Waals surface area contributed by atoms with Gasteiger partial charge in [-0.05, 0) is 60.7 Å². The molecule has 6 nitrogen and oxygen atoms in total. The molecule has 0 aliphatic carbocycles. The second-order valence-electron chi connectivity index (χ2n) is 6.15. The third-order valence-electron chi connectivity index (χ3n) is 4.34. The first-order valence-corrected chi connectivity index (χ1v) is 8.14. The number of fused-ring (bicyclic) bond motifs is 8. The maximum absolute atomic E-state index is 10.5. The fourth-order valence-electron chi connectivity index (χ4n) is 3.04. The lowest BCUT2D eigenvalue weighted by Crippen LogP contribution is -1.79. The number of H-pyrrole nitrogens is 2. The van der Waals surface area contributed by atoms with E-state index in [0.29, 0.717) is 22.4 Å². The van der Waals surface area contributed by atoms with Crippen LogP contribution in [0.5, 0.6) is 11.5 Å². The van der Waals surface area contributed by atoms with Crippen molar-refractivity contribution in [2.75, 3.05) is 0 Å².